The summed E-state index contributed by atoms with van der Waals surface area (Å²) in [6.07, 6.45) is 2.28. The van der Waals surface area contributed by atoms with Crippen LogP contribution in [0.1, 0.15) is 38.3 Å². The highest BCUT2D eigenvalue weighted by Gasteiger charge is 2.30. The summed E-state index contributed by atoms with van der Waals surface area (Å²) in [7, 11) is 0. The van der Waals surface area contributed by atoms with Gasteiger partial charge in [-0.1, -0.05) is 32.0 Å². The monoisotopic (exact) mass is 249 g/mol. The molecule has 0 saturated carbocycles. The lowest BCUT2D eigenvalue weighted by atomic mass is 9.98. The van der Waals surface area contributed by atoms with Gasteiger partial charge in [-0.25, -0.2) is 0 Å². The van der Waals surface area contributed by atoms with Gasteiger partial charge in [0.05, 0.1) is 6.04 Å². The zero-order chi connectivity index (χ0) is 12.8. The second kappa shape index (κ2) is 6.76. The van der Waals surface area contributed by atoms with Gasteiger partial charge in [0.1, 0.15) is 18.5 Å². The molecule has 0 bridgehead atoms. The van der Waals surface area contributed by atoms with E-state index in [1.165, 1.54) is 5.56 Å². The third kappa shape index (κ3) is 3.03. The molecule has 2 unspecified atom stereocenters. The predicted molar refractivity (Wildman–Crippen MR) is 73.0 cm³/mol. The fraction of sp³-hybridized carbons (Fsp3) is 0.600. The second-order valence-electron chi connectivity index (χ2n) is 4.69. The zero-order valence-corrected chi connectivity index (χ0v) is 11.3. The highest BCUT2D eigenvalue weighted by atomic mass is 16.5. The average Bonchev–Trinajstić information content (AvgIpc) is 2.43. The summed E-state index contributed by atoms with van der Waals surface area (Å²) < 4.78 is 11.7. The Kier molecular flexibility index (Phi) is 5.02. The molecule has 1 aliphatic rings. The lowest BCUT2D eigenvalue weighted by Crippen LogP contribution is -2.41. The molecule has 0 spiro atoms. The first-order valence-corrected chi connectivity index (χ1v) is 6.93. The van der Waals surface area contributed by atoms with E-state index in [1.54, 1.807) is 0 Å². The Labute approximate surface area is 109 Å². The summed E-state index contributed by atoms with van der Waals surface area (Å²) in [4.78, 5) is 0. The summed E-state index contributed by atoms with van der Waals surface area (Å²) in [5.74, 6) is 0.988. The molecule has 0 radical (unpaired) electrons. The maximum atomic E-state index is 5.91. The minimum Gasteiger partial charge on any atom is -0.490 e. The second-order valence-corrected chi connectivity index (χ2v) is 4.69. The van der Waals surface area contributed by atoms with Crippen molar-refractivity contribution in [2.75, 3.05) is 19.8 Å². The maximum Gasteiger partial charge on any atom is 0.124 e. The number of fused-ring (bicyclic) bond motifs is 1. The fourth-order valence-electron chi connectivity index (χ4n) is 2.29. The van der Waals surface area contributed by atoms with E-state index >= 15 is 0 Å². The summed E-state index contributed by atoms with van der Waals surface area (Å²) >= 11 is 0. The van der Waals surface area contributed by atoms with Crippen molar-refractivity contribution < 1.29 is 9.47 Å². The summed E-state index contributed by atoms with van der Waals surface area (Å²) in [5, 5.41) is 3.58. The van der Waals surface area contributed by atoms with Crippen molar-refractivity contribution in [2.24, 2.45) is 0 Å². The molecule has 3 nitrogen and oxygen atoms in total. The van der Waals surface area contributed by atoms with Crippen LogP contribution in [0, 0.1) is 0 Å². The van der Waals surface area contributed by atoms with Gasteiger partial charge in [0, 0.05) is 12.2 Å². The molecule has 1 heterocycles. The Morgan fingerprint density at radius 1 is 1.28 bits per heavy atom. The molecular weight excluding hydrogens is 226 g/mol. The molecule has 3 heteroatoms. The highest BCUT2D eigenvalue weighted by molar-refractivity contribution is 5.38. The van der Waals surface area contributed by atoms with Gasteiger partial charge in [0.2, 0.25) is 0 Å². The lowest BCUT2D eigenvalue weighted by molar-refractivity contribution is -0.0151. The van der Waals surface area contributed by atoms with Gasteiger partial charge in [-0.05, 0) is 25.5 Å². The van der Waals surface area contributed by atoms with E-state index in [0.717, 1.165) is 31.7 Å². The Morgan fingerprint density at radius 2 is 2.11 bits per heavy atom. The standard InChI is InChI=1S/C15H23NO2/c1-3-9-16-15-12-7-5-6-8-13(12)18-11-14(15)17-10-4-2/h5-8,14-16H,3-4,9-11H2,1-2H3. The molecule has 2 rings (SSSR count). The van der Waals surface area contributed by atoms with E-state index in [-0.39, 0.29) is 12.1 Å². The van der Waals surface area contributed by atoms with Gasteiger partial charge in [0.25, 0.3) is 0 Å². The van der Waals surface area contributed by atoms with Crippen LogP contribution in [0.25, 0.3) is 0 Å². The van der Waals surface area contributed by atoms with Crippen molar-refractivity contribution in [3.8, 4) is 5.75 Å². The molecular formula is C15H23NO2. The first-order valence-electron chi connectivity index (χ1n) is 6.93. The lowest BCUT2D eigenvalue weighted by Gasteiger charge is -2.34. The largest absolute Gasteiger partial charge is 0.490 e. The van der Waals surface area contributed by atoms with Crippen molar-refractivity contribution in [3.63, 3.8) is 0 Å². The molecule has 18 heavy (non-hydrogen) atoms. The number of rotatable bonds is 6. The molecule has 100 valence electrons. The van der Waals surface area contributed by atoms with Gasteiger partial charge in [-0.2, -0.15) is 0 Å². The van der Waals surface area contributed by atoms with Crippen LogP contribution < -0.4 is 10.1 Å². The van der Waals surface area contributed by atoms with E-state index in [0.29, 0.717) is 6.61 Å². The minimum atomic E-state index is 0.117. The van der Waals surface area contributed by atoms with Gasteiger partial charge >= 0.3 is 0 Å². The third-order valence-electron chi connectivity index (χ3n) is 3.18. The van der Waals surface area contributed by atoms with Crippen LogP contribution in [0.5, 0.6) is 5.75 Å². The maximum absolute atomic E-state index is 5.91. The molecule has 0 saturated heterocycles. The van der Waals surface area contributed by atoms with E-state index in [1.807, 2.05) is 12.1 Å². The highest BCUT2D eigenvalue weighted by Crippen LogP contribution is 2.33. The smallest absolute Gasteiger partial charge is 0.124 e. The Bertz CT molecular complexity index is 367. The number of hydrogen-bond donors (Lipinski definition) is 1. The molecule has 1 aromatic rings. The number of hydrogen-bond acceptors (Lipinski definition) is 3. The predicted octanol–water partition coefficient (Wildman–Crippen LogP) is 2.91. The molecule has 0 amide bonds. The van der Waals surface area contributed by atoms with E-state index in [2.05, 4.69) is 31.3 Å². The number of benzene rings is 1. The number of para-hydroxylation sites is 1. The van der Waals surface area contributed by atoms with Gasteiger partial charge in [0.15, 0.2) is 0 Å². The SMILES string of the molecule is CCCNC1c2ccccc2OCC1OCCC. The van der Waals surface area contributed by atoms with Crippen molar-refractivity contribution in [3.05, 3.63) is 29.8 Å². The molecule has 0 aliphatic carbocycles. The number of nitrogens with one attached hydrogen (secondary N) is 1. The number of ether oxygens (including phenoxy) is 2. The quantitative estimate of drug-likeness (QED) is 0.841. The van der Waals surface area contributed by atoms with Crippen molar-refractivity contribution >= 4 is 0 Å². The Morgan fingerprint density at radius 3 is 2.89 bits per heavy atom. The van der Waals surface area contributed by atoms with Crippen LogP contribution in [0.4, 0.5) is 0 Å². The molecule has 0 fully saturated rings. The first kappa shape index (κ1) is 13.4. The Hall–Kier alpha value is -1.06. The normalized spacial score (nSPS) is 22.3. The minimum absolute atomic E-state index is 0.117. The molecule has 1 aliphatic heterocycles. The van der Waals surface area contributed by atoms with Gasteiger partial charge in [-0.15, -0.1) is 0 Å². The molecule has 2 atom stereocenters. The summed E-state index contributed by atoms with van der Waals surface area (Å²) in [6.45, 7) is 6.75. The molecule has 1 N–H and O–H groups in total. The van der Waals surface area contributed by atoms with Crippen molar-refractivity contribution in [2.45, 2.75) is 38.8 Å². The summed E-state index contributed by atoms with van der Waals surface area (Å²) in [5.41, 5.74) is 1.22. The fourth-order valence-corrected chi connectivity index (χ4v) is 2.29. The third-order valence-corrected chi connectivity index (χ3v) is 3.18. The topological polar surface area (TPSA) is 30.5 Å². The van der Waals surface area contributed by atoms with Gasteiger partial charge in [-0.3, -0.25) is 0 Å². The van der Waals surface area contributed by atoms with Crippen LogP contribution in [-0.4, -0.2) is 25.9 Å². The average molecular weight is 249 g/mol. The first-order chi connectivity index (χ1) is 8.86. The molecule has 0 aromatic heterocycles. The van der Waals surface area contributed by atoms with Crippen LogP contribution in [0.3, 0.4) is 0 Å². The van der Waals surface area contributed by atoms with E-state index in [4.69, 9.17) is 9.47 Å². The van der Waals surface area contributed by atoms with Gasteiger partial charge < -0.3 is 14.8 Å². The zero-order valence-electron chi connectivity index (χ0n) is 11.3. The van der Waals surface area contributed by atoms with Crippen LogP contribution in [-0.2, 0) is 4.74 Å². The van der Waals surface area contributed by atoms with Crippen molar-refractivity contribution in [1.82, 2.24) is 5.32 Å². The Balaban J connectivity index is 2.13. The summed E-state index contributed by atoms with van der Waals surface area (Å²) in [6, 6.07) is 8.49. The van der Waals surface area contributed by atoms with Crippen LogP contribution >= 0.6 is 0 Å². The van der Waals surface area contributed by atoms with Crippen LogP contribution in [0.15, 0.2) is 24.3 Å². The molecule has 1 aromatic carbocycles. The van der Waals surface area contributed by atoms with E-state index in [9.17, 15) is 0 Å². The van der Waals surface area contributed by atoms with Crippen molar-refractivity contribution in [1.29, 1.82) is 0 Å². The van der Waals surface area contributed by atoms with Crippen LogP contribution in [0.2, 0.25) is 0 Å². The van der Waals surface area contributed by atoms with E-state index < -0.39 is 0 Å².